The maximum absolute atomic E-state index is 13.2. The molecule has 0 radical (unpaired) electrons. The summed E-state index contributed by atoms with van der Waals surface area (Å²) in [5.74, 6) is 0.176. The Morgan fingerprint density at radius 1 is 0.889 bits per heavy atom. The lowest BCUT2D eigenvalue weighted by Gasteiger charge is -2.10. The van der Waals surface area contributed by atoms with Crippen LogP contribution in [0.3, 0.4) is 0 Å². The van der Waals surface area contributed by atoms with Gasteiger partial charge in [-0.1, -0.05) is 30.3 Å². The summed E-state index contributed by atoms with van der Waals surface area (Å²) in [7, 11) is 4.25. The Morgan fingerprint density at radius 2 is 1.59 bits per heavy atom. The number of hydrogen-bond acceptors (Lipinski definition) is 6. The minimum Gasteiger partial charge on any atom is -0.493 e. The highest BCUT2D eigenvalue weighted by atomic mass is 16.5. The van der Waals surface area contributed by atoms with Crippen molar-refractivity contribution in [2.45, 2.75) is 0 Å². The summed E-state index contributed by atoms with van der Waals surface area (Å²) < 4.78 is 20.8. The Hall–Kier alpha value is -3.54. The van der Waals surface area contributed by atoms with Crippen LogP contribution in [-0.2, 0) is 4.74 Å². The van der Waals surface area contributed by atoms with Gasteiger partial charge in [-0.05, 0) is 18.2 Å². The number of rotatable bonds is 6. The number of esters is 1. The summed E-state index contributed by atoms with van der Waals surface area (Å²) in [6.45, 7) is 0. The topological polar surface area (TPSA) is 75.0 Å². The van der Waals surface area contributed by atoms with E-state index in [0.29, 0.717) is 28.4 Å². The molecule has 0 aliphatic carbocycles. The number of ether oxygens (including phenoxy) is 3. The van der Waals surface area contributed by atoms with Crippen molar-refractivity contribution in [2.24, 2.45) is 0 Å². The maximum atomic E-state index is 13.2. The van der Waals surface area contributed by atoms with Crippen LogP contribution >= 0.6 is 0 Å². The molecular formula is C21H18O6. The second-order valence-electron chi connectivity index (χ2n) is 5.61. The lowest BCUT2D eigenvalue weighted by atomic mass is 9.96. The first-order valence-corrected chi connectivity index (χ1v) is 8.12. The molecule has 0 atom stereocenters. The molecule has 6 heteroatoms. The molecule has 0 spiro atoms. The molecule has 3 rings (SSSR count). The number of carbonyl (C=O) groups is 2. The zero-order valence-electron chi connectivity index (χ0n) is 15.1. The Kier molecular flexibility index (Phi) is 5.26. The molecular weight excluding hydrogens is 348 g/mol. The lowest BCUT2D eigenvalue weighted by molar-refractivity contribution is 0.0597. The van der Waals surface area contributed by atoms with Crippen LogP contribution in [0.25, 0.3) is 11.3 Å². The average molecular weight is 366 g/mol. The standard InChI is InChI=1S/C21H18O6/c1-24-16-10-9-14(11-17(16)25-2)19(22)18-15(21(23)26-3)12-27-20(18)13-7-5-4-6-8-13/h4-12H,1-3H3. The highest BCUT2D eigenvalue weighted by Crippen LogP contribution is 2.33. The smallest absolute Gasteiger partial charge is 0.341 e. The minimum absolute atomic E-state index is 0.0659. The monoisotopic (exact) mass is 366 g/mol. The van der Waals surface area contributed by atoms with Crippen LogP contribution in [-0.4, -0.2) is 33.1 Å². The second kappa shape index (κ2) is 7.78. The number of ketones is 1. The van der Waals surface area contributed by atoms with Gasteiger partial charge < -0.3 is 18.6 Å². The Labute approximate surface area is 156 Å². The van der Waals surface area contributed by atoms with Crippen LogP contribution in [0.4, 0.5) is 0 Å². The average Bonchev–Trinajstić information content (AvgIpc) is 3.17. The summed E-state index contributed by atoms with van der Waals surface area (Å²) in [6.07, 6.45) is 1.24. The van der Waals surface area contributed by atoms with Crippen molar-refractivity contribution < 1.29 is 28.2 Å². The van der Waals surface area contributed by atoms with Gasteiger partial charge in [0.2, 0.25) is 0 Å². The van der Waals surface area contributed by atoms with E-state index in [1.54, 1.807) is 30.3 Å². The Morgan fingerprint density at radius 3 is 2.22 bits per heavy atom. The normalized spacial score (nSPS) is 10.3. The number of benzene rings is 2. The van der Waals surface area contributed by atoms with Gasteiger partial charge in [0.15, 0.2) is 17.3 Å². The van der Waals surface area contributed by atoms with Gasteiger partial charge in [-0.2, -0.15) is 0 Å². The highest BCUT2D eigenvalue weighted by Gasteiger charge is 2.28. The van der Waals surface area contributed by atoms with Crippen molar-refractivity contribution in [3.8, 4) is 22.8 Å². The molecule has 0 amide bonds. The zero-order valence-corrected chi connectivity index (χ0v) is 15.1. The van der Waals surface area contributed by atoms with Crippen LogP contribution in [0, 0.1) is 0 Å². The van der Waals surface area contributed by atoms with Gasteiger partial charge >= 0.3 is 5.97 Å². The van der Waals surface area contributed by atoms with E-state index in [0.717, 1.165) is 0 Å². The van der Waals surface area contributed by atoms with E-state index < -0.39 is 5.97 Å². The zero-order chi connectivity index (χ0) is 19.4. The first kappa shape index (κ1) is 18.3. The van der Waals surface area contributed by atoms with Crippen LogP contribution in [0.1, 0.15) is 26.3 Å². The Balaban J connectivity index is 2.16. The molecule has 1 heterocycles. The minimum atomic E-state index is -0.648. The fourth-order valence-corrected chi connectivity index (χ4v) is 2.77. The summed E-state index contributed by atoms with van der Waals surface area (Å²) in [6, 6.07) is 13.9. The van der Waals surface area contributed by atoms with Crippen LogP contribution < -0.4 is 9.47 Å². The SMILES string of the molecule is COC(=O)c1coc(-c2ccccc2)c1C(=O)c1ccc(OC)c(OC)c1. The van der Waals surface area contributed by atoms with E-state index in [-0.39, 0.29) is 16.9 Å². The fourth-order valence-electron chi connectivity index (χ4n) is 2.77. The molecule has 0 saturated heterocycles. The van der Waals surface area contributed by atoms with Crippen molar-refractivity contribution in [1.82, 2.24) is 0 Å². The fraction of sp³-hybridized carbons (Fsp3) is 0.143. The van der Waals surface area contributed by atoms with E-state index in [4.69, 9.17) is 18.6 Å². The van der Waals surface area contributed by atoms with E-state index in [2.05, 4.69) is 0 Å². The maximum Gasteiger partial charge on any atom is 0.341 e. The quantitative estimate of drug-likeness (QED) is 0.485. The summed E-state index contributed by atoms with van der Waals surface area (Å²) in [4.78, 5) is 25.4. The van der Waals surface area contributed by atoms with Crippen LogP contribution in [0.15, 0.2) is 59.2 Å². The summed E-state index contributed by atoms with van der Waals surface area (Å²) in [5, 5.41) is 0. The van der Waals surface area contributed by atoms with Crippen LogP contribution in [0.2, 0.25) is 0 Å². The van der Waals surface area contributed by atoms with Crippen molar-refractivity contribution in [3.63, 3.8) is 0 Å². The van der Waals surface area contributed by atoms with Crippen LogP contribution in [0.5, 0.6) is 11.5 Å². The van der Waals surface area contributed by atoms with Crippen molar-refractivity contribution in [1.29, 1.82) is 0 Å². The van der Waals surface area contributed by atoms with Crippen molar-refractivity contribution >= 4 is 11.8 Å². The molecule has 0 bridgehead atoms. The number of methoxy groups -OCH3 is 3. The van der Waals surface area contributed by atoms with Gasteiger partial charge in [0.25, 0.3) is 0 Å². The van der Waals surface area contributed by atoms with E-state index in [1.165, 1.54) is 27.6 Å². The molecule has 2 aromatic carbocycles. The molecule has 0 aliphatic rings. The van der Waals surface area contributed by atoms with Gasteiger partial charge in [-0.25, -0.2) is 4.79 Å². The number of carbonyl (C=O) groups excluding carboxylic acids is 2. The summed E-state index contributed by atoms with van der Waals surface area (Å²) >= 11 is 0. The first-order valence-electron chi connectivity index (χ1n) is 8.12. The van der Waals surface area contributed by atoms with Gasteiger partial charge in [0, 0.05) is 11.1 Å². The van der Waals surface area contributed by atoms with Crippen molar-refractivity contribution in [2.75, 3.05) is 21.3 Å². The van der Waals surface area contributed by atoms with Gasteiger partial charge in [-0.15, -0.1) is 0 Å². The molecule has 6 nitrogen and oxygen atoms in total. The molecule has 138 valence electrons. The van der Waals surface area contributed by atoms with Gasteiger partial charge in [0.1, 0.15) is 17.6 Å². The van der Waals surface area contributed by atoms with Gasteiger partial charge in [0.05, 0.1) is 26.9 Å². The van der Waals surface area contributed by atoms with E-state index >= 15 is 0 Å². The largest absolute Gasteiger partial charge is 0.493 e. The second-order valence-corrected chi connectivity index (χ2v) is 5.61. The molecule has 0 fully saturated rings. The Bertz CT molecular complexity index is 972. The molecule has 0 saturated carbocycles. The predicted octanol–water partition coefficient (Wildman–Crippen LogP) is 3.98. The molecule has 1 aromatic heterocycles. The third-order valence-corrected chi connectivity index (χ3v) is 4.11. The van der Waals surface area contributed by atoms with Crippen molar-refractivity contribution in [3.05, 3.63) is 71.5 Å². The van der Waals surface area contributed by atoms with Gasteiger partial charge in [-0.3, -0.25) is 4.79 Å². The molecule has 0 unspecified atom stereocenters. The lowest BCUT2D eigenvalue weighted by Crippen LogP contribution is -2.10. The molecule has 27 heavy (non-hydrogen) atoms. The number of hydrogen-bond donors (Lipinski definition) is 0. The van der Waals surface area contributed by atoms with E-state index in [9.17, 15) is 9.59 Å². The first-order chi connectivity index (χ1) is 13.1. The molecule has 3 aromatic rings. The molecule has 0 aliphatic heterocycles. The third kappa shape index (κ3) is 3.42. The predicted molar refractivity (Wildman–Crippen MR) is 98.5 cm³/mol. The third-order valence-electron chi connectivity index (χ3n) is 4.11. The summed E-state index contributed by atoms with van der Waals surface area (Å²) in [5.41, 5.74) is 1.21. The molecule has 0 N–H and O–H groups in total. The highest BCUT2D eigenvalue weighted by molar-refractivity contribution is 6.17. The number of furan rings is 1. The van der Waals surface area contributed by atoms with E-state index in [1.807, 2.05) is 18.2 Å².